The van der Waals surface area contributed by atoms with E-state index >= 15 is 0 Å². The molecule has 0 radical (unpaired) electrons. The molecule has 0 atom stereocenters. The van der Waals surface area contributed by atoms with Crippen molar-refractivity contribution in [1.29, 1.82) is 0 Å². The number of aromatic nitrogens is 2. The molecule has 0 aliphatic rings. The van der Waals surface area contributed by atoms with Crippen LogP contribution < -0.4 is 0 Å². The van der Waals surface area contributed by atoms with E-state index in [2.05, 4.69) is 41.8 Å². The lowest BCUT2D eigenvalue weighted by atomic mass is 10.2. The Hall–Kier alpha value is -0.350. The quantitative estimate of drug-likeness (QED) is 0.825. The standard InChI is InChI=1S/C11H19BrN2O/c1-5-14-10(7-15-6-8(2)3)11(12)9(4)13-14/h8H,5-7H2,1-4H3. The van der Waals surface area contributed by atoms with Crippen molar-refractivity contribution < 1.29 is 4.74 Å². The SMILES string of the molecule is CCn1nc(C)c(Br)c1COCC(C)C. The molecular weight excluding hydrogens is 256 g/mol. The van der Waals surface area contributed by atoms with Crippen molar-refractivity contribution in [1.82, 2.24) is 9.78 Å². The van der Waals surface area contributed by atoms with Crippen molar-refractivity contribution >= 4 is 15.9 Å². The van der Waals surface area contributed by atoms with Gasteiger partial charge < -0.3 is 4.74 Å². The van der Waals surface area contributed by atoms with Gasteiger partial charge >= 0.3 is 0 Å². The average molecular weight is 275 g/mol. The van der Waals surface area contributed by atoms with Gasteiger partial charge in [-0.25, -0.2) is 0 Å². The van der Waals surface area contributed by atoms with Crippen LogP contribution in [0.15, 0.2) is 4.47 Å². The number of hydrogen-bond donors (Lipinski definition) is 0. The van der Waals surface area contributed by atoms with Gasteiger partial charge in [0, 0.05) is 13.2 Å². The highest BCUT2D eigenvalue weighted by Gasteiger charge is 2.11. The minimum absolute atomic E-state index is 0.572. The van der Waals surface area contributed by atoms with Crippen LogP contribution in [0, 0.1) is 12.8 Å². The van der Waals surface area contributed by atoms with Crippen LogP contribution in [0.1, 0.15) is 32.2 Å². The Balaban J connectivity index is 2.66. The van der Waals surface area contributed by atoms with Crippen LogP contribution in [-0.2, 0) is 17.9 Å². The van der Waals surface area contributed by atoms with E-state index in [1.54, 1.807) is 0 Å². The molecule has 0 amide bonds. The fraction of sp³-hybridized carbons (Fsp3) is 0.727. The molecule has 1 rings (SSSR count). The molecule has 1 aromatic rings. The fourth-order valence-corrected chi connectivity index (χ4v) is 1.80. The zero-order valence-electron chi connectivity index (χ0n) is 9.88. The molecule has 0 fully saturated rings. The molecule has 3 nitrogen and oxygen atoms in total. The number of rotatable bonds is 5. The van der Waals surface area contributed by atoms with Crippen molar-refractivity contribution in [3.05, 3.63) is 15.9 Å². The maximum atomic E-state index is 5.63. The summed E-state index contributed by atoms with van der Waals surface area (Å²) in [6.07, 6.45) is 0. The lowest BCUT2D eigenvalue weighted by molar-refractivity contribution is 0.0917. The van der Waals surface area contributed by atoms with E-state index in [0.717, 1.165) is 29.0 Å². The Labute approximate surface area is 99.9 Å². The molecule has 0 bridgehead atoms. The average Bonchev–Trinajstić information content (AvgIpc) is 2.44. The van der Waals surface area contributed by atoms with Crippen LogP contribution in [0.4, 0.5) is 0 Å². The Morgan fingerprint density at radius 2 is 2.13 bits per heavy atom. The van der Waals surface area contributed by atoms with Gasteiger partial charge in [0.05, 0.1) is 22.5 Å². The molecular formula is C11H19BrN2O. The monoisotopic (exact) mass is 274 g/mol. The van der Waals surface area contributed by atoms with Gasteiger partial charge in [-0.05, 0) is 35.7 Å². The molecule has 0 saturated heterocycles. The van der Waals surface area contributed by atoms with Gasteiger partial charge in [0.2, 0.25) is 0 Å². The second kappa shape index (κ2) is 5.66. The summed E-state index contributed by atoms with van der Waals surface area (Å²) >= 11 is 3.55. The molecule has 0 aliphatic heterocycles. The van der Waals surface area contributed by atoms with Crippen LogP contribution >= 0.6 is 15.9 Å². The number of halogens is 1. The fourth-order valence-electron chi connectivity index (χ4n) is 1.40. The zero-order chi connectivity index (χ0) is 11.4. The first-order valence-corrected chi connectivity index (χ1v) is 6.15. The van der Waals surface area contributed by atoms with Crippen molar-refractivity contribution in [3.8, 4) is 0 Å². The third-order valence-corrected chi connectivity index (χ3v) is 3.17. The lowest BCUT2D eigenvalue weighted by Gasteiger charge is -2.08. The van der Waals surface area contributed by atoms with Gasteiger partial charge in [-0.2, -0.15) is 5.10 Å². The number of hydrogen-bond acceptors (Lipinski definition) is 2. The number of nitrogens with zero attached hydrogens (tertiary/aromatic N) is 2. The first-order valence-electron chi connectivity index (χ1n) is 5.35. The second-order valence-corrected chi connectivity index (χ2v) is 4.86. The van der Waals surface area contributed by atoms with Crippen molar-refractivity contribution in [2.45, 2.75) is 40.8 Å². The summed E-state index contributed by atoms with van der Waals surface area (Å²) in [6, 6.07) is 0. The highest BCUT2D eigenvalue weighted by atomic mass is 79.9. The van der Waals surface area contributed by atoms with Crippen LogP contribution in [0.3, 0.4) is 0 Å². The maximum absolute atomic E-state index is 5.63. The topological polar surface area (TPSA) is 27.1 Å². The van der Waals surface area contributed by atoms with Crippen molar-refractivity contribution in [2.75, 3.05) is 6.61 Å². The minimum atomic E-state index is 0.572. The molecule has 0 aliphatic carbocycles. The third kappa shape index (κ3) is 3.31. The Bertz CT molecular complexity index is 321. The smallest absolute Gasteiger partial charge is 0.0896 e. The molecule has 0 aromatic carbocycles. The van der Waals surface area contributed by atoms with E-state index in [1.807, 2.05) is 11.6 Å². The van der Waals surface area contributed by atoms with Gasteiger partial charge in [0.15, 0.2) is 0 Å². The summed E-state index contributed by atoms with van der Waals surface area (Å²) in [7, 11) is 0. The van der Waals surface area contributed by atoms with E-state index < -0.39 is 0 Å². The Morgan fingerprint density at radius 1 is 1.47 bits per heavy atom. The Morgan fingerprint density at radius 3 is 2.67 bits per heavy atom. The first kappa shape index (κ1) is 12.7. The van der Waals surface area contributed by atoms with Crippen LogP contribution in [0.25, 0.3) is 0 Å². The summed E-state index contributed by atoms with van der Waals surface area (Å²) in [5.41, 5.74) is 2.16. The maximum Gasteiger partial charge on any atom is 0.0896 e. The summed E-state index contributed by atoms with van der Waals surface area (Å²) in [5.74, 6) is 0.572. The van der Waals surface area contributed by atoms with Gasteiger partial charge in [-0.3, -0.25) is 4.68 Å². The van der Waals surface area contributed by atoms with Gasteiger partial charge in [-0.1, -0.05) is 13.8 Å². The highest BCUT2D eigenvalue weighted by Crippen LogP contribution is 2.21. The Kier molecular flexibility index (Phi) is 4.80. The largest absolute Gasteiger partial charge is 0.375 e. The van der Waals surface area contributed by atoms with Gasteiger partial charge in [0.25, 0.3) is 0 Å². The van der Waals surface area contributed by atoms with E-state index in [9.17, 15) is 0 Å². The van der Waals surface area contributed by atoms with Crippen LogP contribution in [0.5, 0.6) is 0 Å². The normalized spacial score (nSPS) is 11.3. The summed E-state index contributed by atoms with van der Waals surface area (Å²) in [4.78, 5) is 0. The van der Waals surface area contributed by atoms with Crippen molar-refractivity contribution in [2.24, 2.45) is 5.92 Å². The summed E-state index contributed by atoms with van der Waals surface area (Å²) in [5, 5.41) is 4.42. The van der Waals surface area contributed by atoms with Gasteiger partial charge in [-0.15, -0.1) is 0 Å². The van der Waals surface area contributed by atoms with Crippen LogP contribution in [-0.4, -0.2) is 16.4 Å². The number of ether oxygens (including phenoxy) is 1. The molecule has 1 aromatic heterocycles. The van der Waals surface area contributed by atoms with Crippen molar-refractivity contribution in [3.63, 3.8) is 0 Å². The molecule has 1 heterocycles. The zero-order valence-corrected chi connectivity index (χ0v) is 11.5. The minimum Gasteiger partial charge on any atom is -0.375 e. The molecule has 0 unspecified atom stereocenters. The highest BCUT2D eigenvalue weighted by molar-refractivity contribution is 9.10. The molecule has 0 saturated carbocycles. The second-order valence-electron chi connectivity index (χ2n) is 4.07. The molecule has 86 valence electrons. The van der Waals surface area contributed by atoms with E-state index in [-0.39, 0.29) is 0 Å². The van der Waals surface area contributed by atoms with E-state index in [1.165, 1.54) is 0 Å². The first-order chi connectivity index (χ1) is 7.06. The van der Waals surface area contributed by atoms with Crippen LogP contribution in [0.2, 0.25) is 0 Å². The lowest BCUT2D eigenvalue weighted by Crippen LogP contribution is -2.07. The predicted octanol–water partition coefficient (Wildman–Crippen LogP) is 3.15. The summed E-state index contributed by atoms with van der Waals surface area (Å²) in [6.45, 7) is 10.7. The molecule has 15 heavy (non-hydrogen) atoms. The van der Waals surface area contributed by atoms with E-state index in [4.69, 9.17) is 4.74 Å². The third-order valence-electron chi connectivity index (χ3n) is 2.14. The number of aryl methyl sites for hydroxylation is 2. The molecule has 0 spiro atoms. The summed E-state index contributed by atoms with van der Waals surface area (Å²) < 4.78 is 8.69. The molecule has 0 N–H and O–H groups in total. The van der Waals surface area contributed by atoms with E-state index in [0.29, 0.717) is 12.5 Å². The predicted molar refractivity (Wildman–Crippen MR) is 64.8 cm³/mol. The molecule has 4 heteroatoms. The van der Waals surface area contributed by atoms with Gasteiger partial charge in [0.1, 0.15) is 0 Å².